The molecular formula is C11H10FNO3. The molecule has 0 aromatic heterocycles. The predicted molar refractivity (Wildman–Crippen MR) is 54.9 cm³/mol. The standard InChI is InChI=1S/C11H10FNO3/c12-8-4-2-1-3-7(8)5-10-13-6-9(16-10)11(14)15/h1-4,9H,5-6H2,(H,14,15). The molecule has 84 valence electrons. The Hall–Kier alpha value is -1.91. The Labute approximate surface area is 91.4 Å². The Balaban J connectivity index is 2.03. The Morgan fingerprint density at radius 3 is 2.94 bits per heavy atom. The van der Waals surface area contributed by atoms with Gasteiger partial charge < -0.3 is 9.84 Å². The SMILES string of the molecule is O=C(O)C1CN=C(Cc2ccccc2F)O1. The normalized spacial score (nSPS) is 19.1. The van der Waals surface area contributed by atoms with E-state index in [1.165, 1.54) is 6.07 Å². The number of aliphatic imine (C=N–C) groups is 1. The maximum absolute atomic E-state index is 13.3. The molecule has 1 aliphatic heterocycles. The highest BCUT2D eigenvalue weighted by Gasteiger charge is 2.26. The van der Waals surface area contributed by atoms with Gasteiger partial charge in [-0.05, 0) is 11.6 Å². The minimum absolute atomic E-state index is 0.0963. The van der Waals surface area contributed by atoms with Gasteiger partial charge in [0.2, 0.25) is 6.10 Å². The molecule has 0 saturated carbocycles. The summed E-state index contributed by atoms with van der Waals surface area (Å²) in [4.78, 5) is 14.5. The number of rotatable bonds is 3. The fourth-order valence-corrected chi connectivity index (χ4v) is 1.45. The first-order valence-corrected chi connectivity index (χ1v) is 4.83. The topological polar surface area (TPSA) is 58.9 Å². The van der Waals surface area contributed by atoms with E-state index in [0.29, 0.717) is 5.56 Å². The van der Waals surface area contributed by atoms with Crippen molar-refractivity contribution >= 4 is 11.9 Å². The highest BCUT2D eigenvalue weighted by atomic mass is 19.1. The first kappa shape index (κ1) is 10.6. The average molecular weight is 223 g/mol. The number of carbonyl (C=O) groups is 1. The highest BCUT2D eigenvalue weighted by Crippen LogP contribution is 2.12. The second kappa shape index (κ2) is 4.30. The van der Waals surface area contributed by atoms with E-state index in [0.717, 1.165) is 0 Å². The Morgan fingerprint density at radius 2 is 2.31 bits per heavy atom. The predicted octanol–water partition coefficient (Wildman–Crippen LogP) is 1.25. The quantitative estimate of drug-likeness (QED) is 0.838. The van der Waals surface area contributed by atoms with Gasteiger partial charge in [0, 0.05) is 0 Å². The van der Waals surface area contributed by atoms with Gasteiger partial charge in [-0.25, -0.2) is 9.18 Å². The van der Waals surface area contributed by atoms with Crippen LogP contribution in [-0.4, -0.2) is 29.6 Å². The first-order chi connectivity index (χ1) is 7.66. The molecule has 1 atom stereocenters. The van der Waals surface area contributed by atoms with E-state index < -0.39 is 12.1 Å². The molecule has 0 fully saturated rings. The van der Waals surface area contributed by atoms with Crippen molar-refractivity contribution in [3.8, 4) is 0 Å². The van der Waals surface area contributed by atoms with Crippen LogP contribution >= 0.6 is 0 Å². The third-order valence-corrected chi connectivity index (χ3v) is 2.29. The van der Waals surface area contributed by atoms with E-state index in [2.05, 4.69) is 4.99 Å². The summed E-state index contributed by atoms with van der Waals surface area (Å²) in [5.41, 5.74) is 0.451. The van der Waals surface area contributed by atoms with E-state index >= 15 is 0 Å². The van der Waals surface area contributed by atoms with Crippen molar-refractivity contribution < 1.29 is 19.0 Å². The average Bonchev–Trinajstić information content (AvgIpc) is 2.70. The fourth-order valence-electron chi connectivity index (χ4n) is 1.45. The van der Waals surface area contributed by atoms with E-state index in [1.807, 2.05) is 0 Å². The van der Waals surface area contributed by atoms with Crippen molar-refractivity contribution in [1.29, 1.82) is 0 Å². The molecule has 1 aromatic rings. The molecule has 5 heteroatoms. The number of nitrogens with zero attached hydrogens (tertiary/aromatic N) is 1. The van der Waals surface area contributed by atoms with Gasteiger partial charge in [0.05, 0.1) is 13.0 Å². The molecule has 0 saturated heterocycles. The number of halogens is 1. The second-order valence-corrected chi connectivity index (χ2v) is 3.45. The molecule has 0 spiro atoms. The second-order valence-electron chi connectivity index (χ2n) is 3.45. The zero-order valence-corrected chi connectivity index (χ0v) is 8.39. The molecule has 0 radical (unpaired) electrons. The van der Waals surface area contributed by atoms with Crippen LogP contribution in [0.4, 0.5) is 4.39 Å². The van der Waals surface area contributed by atoms with Crippen LogP contribution in [0.1, 0.15) is 5.56 Å². The number of carboxylic acids is 1. The van der Waals surface area contributed by atoms with Crippen LogP contribution in [0.25, 0.3) is 0 Å². The third-order valence-electron chi connectivity index (χ3n) is 2.29. The van der Waals surface area contributed by atoms with Crippen LogP contribution in [0.2, 0.25) is 0 Å². The number of ether oxygens (including phenoxy) is 1. The Bertz CT molecular complexity index is 445. The van der Waals surface area contributed by atoms with Gasteiger partial charge in [-0.3, -0.25) is 4.99 Å². The van der Waals surface area contributed by atoms with Crippen LogP contribution in [0.5, 0.6) is 0 Å². The lowest BCUT2D eigenvalue weighted by atomic mass is 10.1. The maximum Gasteiger partial charge on any atom is 0.346 e. The van der Waals surface area contributed by atoms with Gasteiger partial charge in [0.15, 0.2) is 5.90 Å². The van der Waals surface area contributed by atoms with E-state index in [-0.39, 0.29) is 24.7 Å². The summed E-state index contributed by atoms with van der Waals surface area (Å²) in [5, 5.41) is 8.68. The van der Waals surface area contributed by atoms with Gasteiger partial charge in [-0.2, -0.15) is 0 Å². The zero-order chi connectivity index (χ0) is 11.5. The summed E-state index contributed by atoms with van der Waals surface area (Å²) in [6.07, 6.45) is -0.738. The maximum atomic E-state index is 13.3. The molecule has 4 nitrogen and oxygen atoms in total. The van der Waals surface area contributed by atoms with Crippen LogP contribution in [0.3, 0.4) is 0 Å². The van der Waals surface area contributed by atoms with Gasteiger partial charge in [0.1, 0.15) is 5.82 Å². The van der Waals surface area contributed by atoms with E-state index in [4.69, 9.17) is 9.84 Å². The molecule has 16 heavy (non-hydrogen) atoms. The smallest absolute Gasteiger partial charge is 0.346 e. The number of hydrogen-bond donors (Lipinski definition) is 1. The van der Waals surface area contributed by atoms with Crippen LogP contribution in [0, 0.1) is 5.82 Å². The Kier molecular flexibility index (Phi) is 2.85. The molecule has 1 unspecified atom stereocenters. The third kappa shape index (κ3) is 2.18. The zero-order valence-electron chi connectivity index (χ0n) is 8.39. The molecule has 0 bridgehead atoms. The summed E-state index contributed by atoms with van der Waals surface area (Å²) in [7, 11) is 0. The van der Waals surface area contributed by atoms with Crippen LogP contribution < -0.4 is 0 Å². The summed E-state index contributed by atoms with van der Waals surface area (Å²) >= 11 is 0. The van der Waals surface area contributed by atoms with Gasteiger partial charge in [-0.15, -0.1) is 0 Å². The van der Waals surface area contributed by atoms with Crippen molar-refractivity contribution in [1.82, 2.24) is 0 Å². The van der Waals surface area contributed by atoms with Crippen molar-refractivity contribution in [2.24, 2.45) is 4.99 Å². The lowest BCUT2D eigenvalue weighted by molar-refractivity contribution is -0.144. The van der Waals surface area contributed by atoms with E-state index in [9.17, 15) is 9.18 Å². The van der Waals surface area contributed by atoms with Crippen LogP contribution in [0.15, 0.2) is 29.3 Å². The lowest BCUT2D eigenvalue weighted by Gasteiger charge is -2.06. The molecule has 0 amide bonds. The van der Waals surface area contributed by atoms with Crippen molar-refractivity contribution in [2.75, 3.05) is 6.54 Å². The monoisotopic (exact) mass is 223 g/mol. The lowest BCUT2D eigenvalue weighted by Crippen LogP contribution is -2.24. The largest absolute Gasteiger partial charge is 0.478 e. The molecule has 0 aliphatic carbocycles. The molecule has 1 aliphatic rings. The molecule has 1 aromatic carbocycles. The minimum atomic E-state index is -1.05. The molecular weight excluding hydrogens is 213 g/mol. The van der Waals surface area contributed by atoms with Crippen LogP contribution in [-0.2, 0) is 16.0 Å². The van der Waals surface area contributed by atoms with Crippen molar-refractivity contribution in [2.45, 2.75) is 12.5 Å². The highest BCUT2D eigenvalue weighted by molar-refractivity contribution is 5.85. The van der Waals surface area contributed by atoms with Crippen molar-refractivity contribution in [3.05, 3.63) is 35.6 Å². The Morgan fingerprint density at radius 1 is 1.56 bits per heavy atom. The summed E-state index contributed by atoms with van der Waals surface area (Å²) in [5.74, 6) is -1.11. The fraction of sp³-hybridized carbons (Fsp3) is 0.273. The molecule has 1 heterocycles. The molecule has 1 N–H and O–H groups in total. The summed E-state index contributed by atoms with van der Waals surface area (Å²) in [6.45, 7) is 0.0963. The number of benzene rings is 1. The summed E-state index contributed by atoms with van der Waals surface area (Å²) < 4.78 is 18.3. The van der Waals surface area contributed by atoms with Crippen molar-refractivity contribution in [3.63, 3.8) is 0 Å². The van der Waals surface area contributed by atoms with Gasteiger partial charge in [-0.1, -0.05) is 18.2 Å². The molecule has 2 rings (SSSR count). The van der Waals surface area contributed by atoms with Gasteiger partial charge >= 0.3 is 5.97 Å². The van der Waals surface area contributed by atoms with E-state index in [1.54, 1.807) is 18.2 Å². The summed E-state index contributed by atoms with van der Waals surface area (Å²) in [6, 6.07) is 6.27. The number of aliphatic carboxylic acids is 1. The van der Waals surface area contributed by atoms with Gasteiger partial charge in [0.25, 0.3) is 0 Å². The number of carboxylic acid groups (broad SMARTS) is 1. The first-order valence-electron chi connectivity index (χ1n) is 4.83. The minimum Gasteiger partial charge on any atom is -0.478 e. The number of hydrogen-bond acceptors (Lipinski definition) is 3.